The number of phenols is 1. The van der Waals surface area contributed by atoms with E-state index < -0.39 is 0 Å². The molecule has 0 spiro atoms. The third-order valence-electron chi connectivity index (χ3n) is 2.83. The number of benzene rings is 1. The van der Waals surface area contributed by atoms with Gasteiger partial charge in [-0.25, -0.2) is 4.98 Å². The molecule has 2 aromatic heterocycles. The van der Waals surface area contributed by atoms with Crippen LogP contribution in [-0.2, 0) is 0 Å². The van der Waals surface area contributed by atoms with Crippen LogP contribution < -0.4 is 10.5 Å². The van der Waals surface area contributed by atoms with Gasteiger partial charge in [-0.05, 0) is 24.3 Å². The highest BCUT2D eigenvalue weighted by atomic mass is 16.5. The fourth-order valence-corrected chi connectivity index (χ4v) is 1.82. The zero-order chi connectivity index (χ0) is 13.4. The van der Waals surface area contributed by atoms with Gasteiger partial charge in [0.2, 0.25) is 5.88 Å². The van der Waals surface area contributed by atoms with E-state index in [4.69, 9.17) is 10.5 Å². The lowest BCUT2D eigenvalue weighted by Gasteiger charge is -2.00. The zero-order valence-corrected chi connectivity index (χ0v) is 10.2. The molecule has 0 unspecified atom stereocenters. The van der Waals surface area contributed by atoms with Gasteiger partial charge in [-0.1, -0.05) is 0 Å². The summed E-state index contributed by atoms with van der Waals surface area (Å²) in [7, 11) is 1.56. The number of rotatable bonds is 2. The van der Waals surface area contributed by atoms with Crippen molar-refractivity contribution in [3.8, 4) is 23.0 Å². The minimum absolute atomic E-state index is 0.0310. The second kappa shape index (κ2) is 4.16. The van der Waals surface area contributed by atoms with E-state index >= 15 is 0 Å². The van der Waals surface area contributed by atoms with Crippen LogP contribution in [0, 0.1) is 0 Å². The third-order valence-corrected chi connectivity index (χ3v) is 2.83. The molecular weight excluding hydrogens is 244 g/mol. The average Bonchev–Trinajstić information content (AvgIpc) is 2.84. The van der Waals surface area contributed by atoms with Crippen LogP contribution in [0.2, 0.25) is 0 Å². The lowest BCUT2D eigenvalue weighted by molar-refractivity contribution is 0.399. The van der Waals surface area contributed by atoms with Gasteiger partial charge < -0.3 is 20.6 Å². The average molecular weight is 256 g/mol. The molecular formula is C13H12N4O2. The number of nitrogens with zero attached hydrogens (tertiary/aromatic N) is 2. The molecule has 0 saturated heterocycles. The summed E-state index contributed by atoms with van der Waals surface area (Å²) >= 11 is 0. The van der Waals surface area contributed by atoms with E-state index in [1.807, 2.05) is 6.07 Å². The second-order valence-corrected chi connectivity index (χ2v) is 4.08. The van der Waals surface area contributed by atoms with Crippen molar-refractivity contribution < 1.29 is 9.84 Å². The first-order valence-electron chi connectivity index (χ1n) is 5.67. The van der Waals surface area contributed by atoms with Gasteiger partial charge in [-0.3, -0.25) is 0 Å². The molecule has 0 saturated carbocycles. The van der Waals surface area contributed by atoms with Crippen molar-refractivity contribution in [1.29, 1.82) is 0 Å². The van der Waals surface area contributed by atoms with Crippen molar-refractivity contribution in [2.45, 2.75) is 0 Å². The summed E-state index contributed by atoms with van der Waals surface area (Å²) in [6.07, 6.45) is 0. The first-order valence-corrected chi connectivity index (χ1v) is 5.67. The molecule has 0 amide bonds. The van der Waals surface area contributed by atoms with Crippen molar-refractivity contribution in [1.82, 2.24) is 15.0 Å². The molecule has 6 heteroatoms. The van der Waals surface area contributed by atoms with E-state index in [1.165, 1.54) is 0 Å². The highest BCUT2D eigenvalue weighted by Gasteiger charge is 2.09. The molecule has 19 heavy (non-hydrogen) atoms. The molecule has 0 aliphatic rings. The summed E-state index contributed by atoms with van der Waals surface area (Å²) in [6, 6.07) is 8.57. The number of ether oxygens (including phenoxy) is 1. The minimum Gasteiger partial charge on any atom is -0.506 e. The van der Waals surface area contributed by atoms with Gasteiger partial charge in [0.05, 0.1) is 18.3 Å². The summed E-state index contributed by atoms with van der Waals surface area (Å²) in [5.41, 5.74) is 8.00. The van der Waals surface area contributed by atoms with Gasteiger partial charge >= 0.3 is 0 Å². The van der Waals surface area contributed by atoms with Gasteiger partial charge in [-0.2, -0.15) is 4.98 Å². The van der Waals surface area contributed by atoms with Crippen LogP contribution >= 0.6 is 0 Å². The summed E-state index contributed by atoms with van der Waals surface area (Å²) in [6.45, 7) is 0. The number of methoxy groups -OCH3 is 1. The fourth-order valence-electron chi connectivity index (χ4n) is 1.82. The summed E-state index contributed by atoms with van der Waals surface area (Å²) < 4.78 is 5.05. The van der Waals surface area contributed by atoms with Gasteiger partial charge in [0.15, 0.2) is 5.65 Å². The first kappa shape index (κ1) is 11.3. The number of hydrogen-bond donors (Lipinski definition) is 3. The Balaban J connectivity index is 2.11. The predicted molar refractivity (Wildman–Crippen MR) is 72.0 cm³/mol. The van der Waals surface area contributed by atoms with Crippen LogP contribution in [0.25, 0.3) is 22.6 Å². The smallest absolute Gasteiger partial charge is 0.215 e. The number of pyridine rings is 1. The van der Waals surface area contributed by atoms with Crippen molar-refractivity contribution in [3.63, 3.8) is 0 Å². The van der Waals surface area contributed by atoms with E-state index in [-0.39, 0.29) is 5.75 Å². The molecule has 0 aliphatic carbocycles. The van der Waals surface area contributed by atoms with Gasteiger partial charge in [0.25, 0.3) is 0 Å². The summed E-state index contributed by atoms with van der Waals surface area (Å²) in [5.74, 6) is 1.15. The fraction of sp³-hybridized carbons (Fsp3) is 0.0769. The zero-order valence-electron chi connectivity index (χ0n) is 10.2. The topological polar surface area (TPSA) is 97.0 Å². The largest absolute Gasteiger partial charge is 0.506 e. The number of aromatic amines is 1. The quantitative estimate of drug-likeness (QED) is 0.480. The van der Waals surface area contributed by atoms with E-state index in [1.54, 1.807) is 31.4 Å². The number of imidazole rings is 1. The van der Waals surface area contributed by atoms with Crippen molar-refractivity contribution in [2.24, 2.45) is 0 Å². The maximum atomic E-state index is 9.62. The Morgan fingerprint density at radius 3 is 2.79 bits per heavy atom. The predicted octanol–water partition coefficient (Wildman–Crippen LogP) is 1.92. The van der Waals surface area contributed by atoms with Crippen LogP contribution in [0.3, 0.4) is 0 Å². The standard InChI is InChI=1S/C13H12N4O2/c1-19-11-5-4-9-13(16-11)17-12(15-9)7-2-3-8(14)10(18)6-7/h2-6,18H,14H2,1H3,(H,15,16,17). The Labute approximate surface area is 108 Å². The Hall–Kier alpha value is -2.76. The van der Waals surface area contributed by atoms with Crippen LogP contribution in [0.5, 0.6) is 11.6 Å². The number of hydrogen-bond acceptors (Lipinski definition) is 5. The van der Waals surface area contributed by atoms with Crippen molar-refractivity contribution in [2.75, 3.05) is 12.8 Å². The summed E-state index contributed by atoms with van der Waals surface area (Å²) in [4.78, 5) is 11.7. The number of aromatic nitrogens is 3. The Morgan fingerprint density at radius 1 is 1.21 bits per heavy atom. The van der Waals surface area contributed by atoms with Crippen molar-refractivity contribution in [3.05, 3.63) is 30.3 Å². The SMILES string of the molecule is COc1ccc2[nH]c(-c3ccc(N)c(O)c3)nc2n1. The number of fused-ring (bicyclic) bond motifs is 1. The molecule has 0 radical (unpaired) electrons. The maximum absolute atomic E-state index is 9.62. The van der Waals surface area contributed by atoms with E-state index in [0.717, 1.165) is 11.1 Å². The lowest BCUT2D eigenvalue weighted by Crippen LogP contribution is -1.87. The van der Waals surface area contributed by atoms with Crippen LogP contribution in [-0.4, -0.2) is 27.2 Å². The molecule has 0 bridgehead atoms. The Kier molecular flexibility index (Phi) is 2.49. The summed E-state index contributed by atoms with van der Waals surface area (Å²) in [5, 5.41) is 9.62. The molecule has 3 rings (SSSR count). The highest BCUT2D eigenvalue weighted by molar-refractivity contribution is 5.77. The van der Waals surface area contributed by atoms with Crippen molar-refractivity contribution >= 4 is 16.9 Å². The Bertz CT molecular complexity index is 751. The number of nitrogens with two attached hydrogens (primary N) is 1. The number of anilines is 1. The monoisotopic (exact) mass is 256 g/mol. The van der Waals surface area contributed by atoms with Gasteiger partial charge in [0.1, 0.15) is 11.6 Å². The Morgan fingerprint density at radius 2 is 2.05 bits per heavy atom. The molecule has 6 nitrogen and oxygen atoms in total. The molecule has 0 fully saturated rings. The van der Waals surface area contributed by atoms with Crippen LogP contribution in [0.4, 0.5) is 5.69 Å². The number of nitrogens with one attached hydrogen (secondary N) is 1. The lowest BCUT2D eigenvalue weighted by atomic mass is 10.2. The normalized spacial score (nSPS) is 10.8. The number of nitrogen functional groups attached to an aromatic ring is 1. The minimum atomic E-state index is 0.0310. The van der Waals surface area contributed by atoms with E-state index in [9.17, 15) is 5.11 Å². The maximum Gasteiger partial charge on any atom is 0.215 e. The first-order chi connectivity index (χ1) is 9.17. The van der Waals surface area contributed by atoms with E-state index in [0.29, 0.717) is 23.0 Å². The second-order valence-electron chi connectivity index (χ2n) is 4.08. The molecule has 3 aromatic rings. The highest BCUT2D eigenvalue weighted by Crippen LogP contribution is 2.27. The number of phenolic OH excluding ortho intramolecular Hbond substituents is 1. The molecule has 96 valence electrons. The number of H-pyrrole nitrogens is 1. The van der Waals surface area contributed by atoms with Crippen LogP contribution in [0.15, 0.2) is 30.3 Å². The molecule has 0 atom stereocenters. The third kappa shape index (κ3) is 1.93. The number of aromatic hydroxyl groups is 1. The van der Waals surface area contributed by atoms with Gasteiger partial charge in [-0.15, -0.1) is 0 Å². The van der Waals surface area contributed by atoms with Crippen LogP contribution in [0.1, 0.15) is 0 Å². The van der Waals surface area contributed by atoms with E-state index in [2.05, 4.69) is 15.0 Å². The molecule has 0 aliphatic heterocycles. The van der Waals surface area contributed by atoms with Gasteiger partial charge in [0, 0.05) is 11.6 Å². The molecule has 2 heterocycles. The molecule has 1 aromatic carbocycles. The molecule has 4 N–H and O–H groups in total.